The Morgan fingerprint density at radius 2 is 1.65 bits per heavy atom. The second-order valence-electron chi connectivity index (χ2n) is 7.98. The number of amides is 1. The lowest BCUT2D eigenvalue weighted by molar-refractivity contribution is -0.153. The lowest BCUT2D eigenvalue weighted by Crippen LogP contribution is -2.41. The Labute approximate surface area is 196 Å². The third-order valence-electron chi connectivity index (χ3n) is 5.62. The molecular weight excluding hydrogens is 473 g/mol. The van der Waals surface area contributed by atoms with Crippen LogP contribution in [0.1, 0.15) is 36.9 Å². The van der Waals surface area contributed by atoms with Gasteiger partial charge in [0, 0.05) is 13.1 Å². The Bertz CT molecular complexity index is 1110. The molecular formula is C23H25F3N2O5S. The van der Waals surface area contributed by atoms with Crippen molar-refractivity contribution in [1.82, 2.24) is 9.62 Å². The van der Waals surface area contributed by atoms with Crippen LogP contribution in [-0.4, -0.2) is 44.3 Å². The lowest BCUT2D eigenvalue weighted by Gasteiger charge is -2.30. The van der Waals surface area contributed by atoms with Crippen LogP contribution in [0, 0.1) is 5.92 Å². The van der Waals surface area contributed by atoms with E-state index < -0.39 is 51.1 Å². The summed E-state index contributed by atoms with van der Waals surface area (Å²) in [5, 5.41) is 2.72. The molecule has 0 aliphatic carbocycles. The molecule has 3 rings (SSSR count). The Kier molecular flexibility index (Phi) is 7.98. The summed E-state index contributed by atoms with van der Waals surface area (Å²) >= 11 is 0. The Hall–Kier alpha value is -2.92. The fourth-order valence-electron chi connectivity index (χ4n) is 3.76. The molecule has 1 heterocycles. The van der Waals surface area contributed by atoms with E-state index in [1.807, 2.05) is 30.3 Å². The molecule has 1 aliphatic rings. The van der Waals surface area contributed by atoms with Gasteiger partial charge < -0.3 is 10.1 Å². The molecule has 2 aromatic carbocycles. The lowest BCUT2D eigenvalue weighted by atomic mass is 9.98. The van der Waals surface area contributed by atoms with Gasteiger partial charge >= 0.3 is 12.1 Å². The second-order valence-corrected chi connectivity index (χ2v) is 9.89. The zero-order chi connectivity index (χ0) is 24.9. The predicted octanol–water partition coefficient (Wildman–Crippen LogP) is 3.53. The summed E-state index contributed by atoms with van der Waals surface area (Å²) in [6.07, 6.45) is -4.66. The molecule has 0 unspecified atom stereocenters. The van der Waals surface area contributed by atoms with Gasteiger partial charge in [-0.2, -0.15) is 17.5 Å². The van der Waals surface area contributed by atoms with Crippen molar-refractivity contribution in [2.75, 3.05) is 19.7 Å². The maximum absolute atomic E-state index is 13.3. The van der Waals surface area contributed by atoms with Crippen molar-refractivity contribution in [3.05, 3.63) is 65.7 Å². The highest BCUT2D eigenvalue weighted by molar-refractivity contribution is 7.89. The normalized spacial score (nSPS) is 16.6. The summed E-state index contributed by atoms with van der Waals surface area (Å²) < 4.78 is 71.5. The summed E-state index contributed by atoms with van der Waals surface area (Å²) in [5.41, 5.74) is -0.338. The van der Waals surface area contributed by atoms with Crippen LogP contribution in [0.2, 0.25) is 0 Å². The fourth-order valence-corrected chi connectivity index (χ4v) is 5.44. The van der Waals surface area contributed by atoms with Crippen molar-refractivity contribution in [2.45, 2.75) is 36.9 Å². The third-order valence-corrected chi connectivity index (χ3v) is 7.58. The summed E-state index contributed by atoms with van der Waals surface area (Å²) in [6, 6.07) is 13.0. The van der Waals surface area contributed by atoms with E-state index in [1.165, 1.54) is 6.07 Å². The number of halogens is 3. The molecule has 0 saturated carbocycles. The van der Waals surface area contributed by atoms with Crippen LogP contribution < -0.4 is 5.32 Å². The number of piperidine rings is 1. The van der Waals surface area contributed by atoms with E-state index >= 15 is 0 Å². The van der Waals surface area contributed by atoms with Crippen molar-refractivity contribution < 1.29 is 35.9 Å². The first kappa shape index (κ1) is 25.7. The second kappa shape index (κ2) is 10.6. The molecule has 2 aromatic rings. The topological polar surface area (TPSA) is 92.8 Å². The number of hydrogen-bond acceptors (Lipinski definition) is 5. The highest BCUT2D eigenvalue weighted by Gasteiger charge is 2.40. The van der Waals surface area contributed by atoms with E-state index in [0.717, 1.165) is 28.1 Å². The first-order chi connectivity index (χ1) is 16.0. The summed E-state index contributed by atoms with van der Waals surface area (Å²) in [5.74, 6) is -1.77. The van der Waals surface area contributed by atoms with E-state index in [-0.39, 0.29) is 32.0 Å². The zero-order valence-electron chi connectivity index (χ0n) is 18.4. The summed E-state index contributed by atoms with van der Waals surface area (Å²) in [4.78, 5) is 23.6. The van der Waals surface area contributed by atoms with Crippen molar-refractivity contribution >= 4 is 21.9 Å². The number of nitrogens with one attached hydrogen (secondary N) is 1. The standard InChI is InChI=1S/C23H25F3N2O5S/c1-16(17-7-3-2-4-8-17)27-21(29)15-33-22(30)18-11-13-28(14-12-18)34(31,32)20-10-6-5-9-19(20)23(24,25)26/h2-10,16,18H,11-15H2,1H3,(H,27,29)/t16-/m0/s1. The van der Waals surface area contributed by atoms with Crippen LogP contribution in [0.25, 0.3) is 0 Å². The number of esters is 1. The molecule has 0 bridgehead atoms. The van der Waals surface area contributed by atoms with E-state index in [9.17, 15) is 31.2 Å². The minimum absolute atomic E-state index is 0.0777. The maximum atomic E-state index is 13.3. The largest absolute Gasteiger partial charge is 0.455 e. The first-order valence-corrected chi connectivity index (χ1v) is 12.1. The number of nitrogens with zero attached hydrogens (tertiary/aromatic N) is 1. The molecule has 0 spiro atoms. The van der Waals surface area contributed by atoms with Gasteiger partial charge in [-0.15, -0.1) is 0 Å². The molecule has 1 saturated heterocycles. The molecule has 0 aromatic heterocycles. The number of carbonyl (C=O) groups excluding carboxylic acids is 2. The molecule has 1 N–H and O–H groups in total. The van der Waals surface area contributed by atoms with Crippen molar-refractivity contribution in [1.29, 1.82) is 0 Å². The van der Waals surface area contributed by atoms with Gasteiger partial charge in [0.25, 0.3) is 5.91 Å². The highest BCUT2D eigenvalue weighted by Crippen LogP contribution is 2.36. The van der Waals surface area contributed by atoms with Crippen molar-refractivity contribution in [3.63, 3.8) is 0 Å². The number of sulfonamides is 1. The van der Waals surface area contributed by atoms with Gasteiger partial charge in [-0.25, -0.2) is 8.42 Å². The Morgan fingerprint density at radius 1 is 1.06 bits per heavy atom. The van der Waals surface area contributed by atoms with Crippen LogP contribution >= 0.6 is 0 Å². The SMILES string of the molecule is C[C@H](NC(=O)COC(=O)C1CCN(S(=O)(=O)c2ccccc2C(F)(F)F)CC1)c1ccccc1. The van der Waals surface area contributed by atoms with Crippen LogP contribution in [0.3, 0.4) is 0 Å². The molecule has 1 aliphatic heterocycles. The molecule has 184 valence electrons. The van der Waals surface area contributed by atoms with E-state index in [1.54, 1.807) is 6.92 Å². The molecule has 1 amide bonds. The summed E-state index contributed by atoms with van der Waals surface area (Å²) in [6.45, 7) is 1.05. The fraction of sp³-hybridized carbons (Fsp3) is 0.391. The molecule has 7 nitrogen and oxygen atoms in total. The number of benzene rings is 2. The number of hydrogen-bond donors (Lipinski definition) is 1. The zero-order valence-corrected chi connectivity index (χ0v) is 19.2. The van der Waals surface area contributed by atoms with Crippen LogP contribution in [-0.2, 0) is 30.5 Å². The van der Waals surface area contributed by atoms with Gasteiger partial charge in [-0.3, -0.25) is 9.59 Å². The Morgan fingerprint density at radius 3 is 2.26 bits per heavy atom. The van der Waals surface area contributed by atoms with Crippen LogP contribution in [0.5, 0.6) is 0 Å². The van der Waals surface area contributed by atoms with Gasteiger partial charge in [-0.05, 0) is 37.5 Å². The van der Waals surface area contributed by atoms with Crippen molar-refractivity contribution in [2.24, 2.45) is 5.92 Å². The monoisotopic (exact) mass is 498 g/mol. The molecule has 1 fully saturated rings. The van der Waals surface area contributed by atoms with Crippen LogP contribution in [0.15, 0.2) is 59.5 Å². The van der Waals surface area contributed by atoms with E-state index in [0.29, 0.717) is 0 Å². The van der Waals surface area contributed by atoms with Gasteiger partial charge in [0.15, 0.2) is 6.61 Å². The third kappa shape index (κ3) is 6.15. The maximum Gasteiger partial charge on any atom is 0.417 e. The van der Waals surface area contributed by atoms with E-state index in [4.69, 9.17) is 4.74 Å². The van der Waals surface area contributed by atoms with Gasteiger partial charge in [0.1, 0.15) is 0 Å². The summed E-state index contributed by atoms with van der Waals surface area (Å²) in [7, 11) is -4.39. The van der Waals surface area contributed by atoms with Crippen LogP contribution in [0.4, 0.5) is 13.2 Å². The smallest absolute Gasteiger partial charge is 0.417 e. The molecule has 0 radical (unpaired) electrons. The predicted molar refractivity (Wildman–Crippen MR) is 117 cm³/mol. The minimum Gasteiger partial charge on any atom is -0.455 e. The quantitative estimate of drug-likeness (QED) is 0.590. The van der Waals surface area contributed by atoms with Crippen molar-refractivity contribution in [3.8, 4) is 0 Å². The average Bonchev–Trinajstić information content (AvgIpc) is 2.82. The molecule has 34 heavy (non-hydrogen) atoms. The first-order valence-electron chi connectivity index (χ1n) is 10.7. The van der Waals surface area contributed by atoms with E-state index in [2.05, 4.69) is 5.32 Å². The van der Waals surface area contributed by atoms with Gasteiger partial charge in [-0.1, -0.05) is 42.5 Å². The number of alkyl halides is 3. The number of rotatable bonds is 7. The molecule has 1 atom stereocenters. The van der Waals surface area contributed by atoms with Gasteiger partial charge in [0.05, 0.1) is 22.4 Å². The Balaban J connectivity index is 1.53. The minimum atomic E-state index is -4.82. The molecule has 11 heteroatoms. The van der Waals surface area contributed by atoms with Gasteiger partial charge in [0.2, 0.25) is 10.0 Å². The highest BCUT2D eigenvalue weighted by atomic mass is 32.2. The number of carbonyl (C=O) groups is 2. The average molecular weight is 499 g/mol. The number of ether oxygens (including phenoxy) is 1.